The van der Waals surface area contributed by atoms with Gasteiger partial charge in [0, 0.05) is 6.54 Å². The fourth-order valence-corrected chi connectivity index (χ4v) is 2.65. The van der Waals surface area contributed by atoms with Crippen LogP contribution in [0.3, 0.4) is 0 Å². The van der Waals surface area contributed by atoms with E-state index in [1.165, 1.54) is 16.2 Å². The smallest absolute Gasteiger partial charge is 0.321 e. The van der Waals surface area contributed by atoms with Gasteiger partial charge in [-0.2, -0.15) is 24.5 Å². The van der Waals surface area contributed by atoms with E-state index in [4.69, 9.17) is 0 Å². The molecular formula is C11H13F3N2OS. The standard InChI is InChI=1S/C11H13F3N2OS/c1-7-10(17)16(4-3-11(12,13)14)9(15-7)8-2-5-18-6-8/h2,5-7,9,15H,3-4H2,1H3. The van der Waals surface area contributed by atoms with Gasteiger partial charge >= 0.3 is 6.18 Å². The summed E-state index contributed by atoms with van der Waals surface area (Å²) in [5, 5.41) is 6.68. The average molecular weight is 278 g/mol. The van der Waals surface area contributed by atoms with Gasteiger partial charge in [0.1, 0.15) is 6.17 Å². The lowest BCUT2D eigenvalue weighted by atomic mass is 10.2. The Labute approximate surface area is 107 Å². The van der Waals surface area contributed by atoms with Crippen LogP contribution >= 0.6 is 11.3 Å². The summed E-state index contributed by atoms with van der Waals surface area (Å²) in [5.74, 6) is -0.282. The molecule has 2 heterocycles. The van der Waals surface area contributed by atoms with E-state index in [2.05, 4.69) is 5.32 Å². The first-order valence-electron chi connectivity index (χ1n) is 5.54. The fraction of sp³-hybridized carbons (Fsp3) is 0.545. The molecule has 0 radical (unpaired) electrons. The normalized spacial score (nSPS) is 24.9. The number of carbonyl (C=O) groups is 1. The number of nitrogens with one attached hydrogen (secondary N) is 1. The minimum Gasteiger partial charge on any atom is -0.321 e. The van der Waals surface area contributed by atoms with Crippen molar-refractivity contribution >= 4 is 17.2 Å². The second kappa shape index (κ2) is 4.89. The van der Waals surface area contributed by atoms with Crippen molar-refractivity contribution in [2.45, 2.75) is 31.7 Å². The van der Waals surface area contributed by atoms with Gasteiger partial charge in [-0.15, -0.1) is 0 Å². The van der Waals surface area contributed by atoms with Crippen molar-refractivity contribution in [3.8, 4) is 0 Å². The Balaban J connectivity index is 2.11. The quantitative estimate of drug-likeness (QED) is 0.921. The summed E-state index contributed by atoms with van der Waals surface area (Å²) in [4.78, 5) is 13.1. The summed E-state index contributed by atoms with van der Waals surface area (Å²) in [7, 11) is 0. The first kappa shape index (κ1) is 13.4. The summed E-state index contributed by atoms with van der Waals surface area (Å²) < 4.78 is 36.7. The molecule has 2 atom stereocenters. The van der Waals surface area contributed by atoms with Gasteiger partial charge in [0.25, 0.3) is 0 Å². The minimum absolute atomic E-state index is 0.282. The van der Waals surface area contributed by atoms with Crippen LogP contribution in [-0.4, -0.2) is 29.6 Å². The largest absolute Gasteiger partial charge is 0.390 e. The summed E-state index contributed by atoms with van der Waals surface area (Å²) in [6, 6.07) is 1.37. The topological polar surface area (TPSA) is 32.3 Å². The van der Waals surface area contributed by atoms with Crippen molar-refractivity contribution in [1.29, 1.82) is 0 Å². The van der Waals surface area contributed by atoms with Crippen LogP contribution in [0.25, 0.3) is 0 Å². The summed E-state index contributed by atoms with van der Waals surface area (Å²) >= 11 is 1.45. The van der Waals surface area contributed by atoms with Gasteiger partial charge < -0.3 is 4.90 Å². The number of alkyl halides is 3. The number of hydrogen-bond acceptors (Lipinski definition) is 3. The maximum absolute atomic E-state index is 12.2. The van der Waals surface area contributed by atoms with Gasteiger partial charge in [-0.1, -0.05) is 0 Å². The van der Waals surface area contributed by atoms with Crippen molar-refractivity contribution in [3.05, 3.63) is 22.4 Å². The van der Waals surface area contributed by atoms with E-state index in [0.29, 0.717) is 0 Å². The van der Waals surface area contributed by atoms with Crippen molar-refractivity contribution in [2.24, 2.45) is 0 Å². The molecule has 0 spiro atoms. The number of rotatable bonds is 3. The third-order valence-corrected chi connectivity index (χ3v) is 3.57. The Morgan fingerprint density at radius 2 is 2.22 bits per heavy atom. The molecule has 1 aromatic rings. The summed E-state index contributed by atoms with van der Waals surface area (Å²) in [6.45, 7) is 1.36. The van der Waals surface area contributed by atoms with Crippen LogP contribution in [0.4, 0.5) is 13.2 Å². The summed E-state index contributed by atoms with van der Waals surface area (Å²) in [6.07, 6.45) is -5.67. The van der Waals surface area contributed by atoms with Gasteiger partial charge in [0.2, 0.25) is 5.91 Å². The first-order chi connectivity index (χ1) is 8.38. The molecule has 0 saturated carbocycles. The average Bonchev–Trinajstić information content (AvgIpc) is 2.85. The van der Waals surface area contributed by atoms with Crippen molar-refractivity contribution in [2.75, 3.05) is 6.54 Å². The molecule has 1 saturated heterocycles. The molecule has 1 amide bonds. The summed E-state index contributed by atoms with van der Waals surface area (Å²) in [5.41, 5.74) is 0.833. The zero-order valence-corrected chi connectivity index (χ0v) is 10.5. The molecule has 2 unspecified atom stereocenters. The molecule has 7 heteroatoms. The van der Waals surface area contributed by atoms with E-state index < -0.39 is 24.8 Å². The highest BCUT2D eigenvalue weighted by Crippen LogP contribution is 2.29. The molecule has 0 aliphatic carbocycles. The van der Waals surface area contributed by atoms with Crippen molar-refractivity contribution in [1.82, 2.24) is 10.2 Å². The van der Waals surface area contributed by atoms with E-state index >= 15 is 0 Å². The minimum atomic E-state index is -4.24. The molecule has 18 heavy (non-hydrogen) atoms. The second-order valence-electron chi connectivity index (χ2n) is 4.24. The molecule has 100 valence electrons. The molecule has 3 nitrogen and oxygen atoms in total. The van der Waals surface area contributed by atoms with Gasteiger partial charge in [-0.05, 0) is 29.3 Å². The maximum atomic E-state index is 12.2. The number of halogens is 3. The molecular weight excluding hydrogens is 265 g/mol. The highest BCUT2D eigenvalue weighted by molar-refractivity contribution is 7.07. The number of hydrogen-bond donors (Lipinski definition) is 1. The highest BCUT2D eigenvalue weighted by Gasteiger charge is 2.39. The molecule has 1 aliphatic heterocycles. The molecule has 1 N–H and O–H groups in total. The molecule has 1 aromatic heterocycles. The van der Waals surface area contributed by atoms with Crippen LogP contribution in [-0.2, 0) is 4.79 Å². The van der Waals surface area contributed by atoms with Crippen LogP contribution in [0.5, 0.6) is 0 Å². The third-order valence-electron chi connectivity index (χ3n) is 2.87. The Hall–Kier alpha value is -1.08. The van der Waals surface area contributed by atoms with E-state index in [9.17, 15) is 18.0 Å². The number of amides is 1. The van der Waals surface area contributed by atoms with Crippen LogP contribution in [0.15, 0.2) is 16.8 Å². The number of nitrogens with zero attached hydrogens (tertiary/aromatic N) is 1. The Bertz CT molecular complexity index is 418. The van der Waals surface area contributed by atoms with Crippen LogP contribution in [0, 0.1) is 0 Å². The molecule has 0 bridgehead atoms. The predicted octanol–water partition coefficient (Wildman–Crippen LogP) is 2.52. The lowest BCUT2D eigenvalue weighted by molar-refractivity contribution is -0.145. The predicted molar refractivity (Wildman–Crippen MR) is 62.0 cm³/mol. The Kier molecular flexibility index (Phi) is 3.63. The fourth-order valence-electron chi connectivity index (χ4n) is 1.97. The zero-order valence-electron chi connectivity index (χ0n) is 9.70. The molecule has 1 fully saturated rings. The molecule has 1 aliphatic rings. The molecule has 0 aromatic carbocycles. The van der Waals surface area contributed by atoms with Crippen molar-refractivity contribution < 1.29 is 18.0 Å². The highest BCUT2D eigenvalue weighted by atomic mass is 32.1. The lowest BCUT2D eigenvalue weighted by Crippen LogP contribution is -2.33. The second-order valence-corrected chi connectivity index (χ2v) is 5.02. The van der Waals surface area contributed by atoms with Gasteiger partial charge in [0.05, 0.1) is 12.5 Å². The van der Waals surface area contributed by atoms with Crippen LogP contribution < -0.4 is 5.32 Å². The maximum Gasteiger partial charge on any atom is 0.390 e. The van der Waals surface area contributed by atoms with E-state index in [-0.39, 0.29) is 12.5 Å². The van der Waals surface area contributed by atoms with E-state index in [1.54, 1.807) is 6.92 Å². The Morgan fingerprint density at radius 3 is 2.78 bits per heavy atom. The van der Waals surface area contributed by atoms with E-state index in [1.807, 2.05) is 16.8 Å². The molecule has 2 rings (SSSR count). The monoisotopic (exact) mass is 278 g/mol. The van der Waals surface area contributed by atoms with Gasteiger partial charge in [-0.3, -0.25) is 10.1 Å². The Morgan fingerprint density at radius 1 is 1.50 bits per heavy atom. The number of carbonyl (C=O) groups excluding carboxylic acids is 1. The third kappa shape index (κ3) is 2.84. The zero-order chi connectivity index (χ0) is 13.3. The number of thiophene rings is 1. The van der Waals surface area contributed by atoms with Gasteiger partial charge in [0.15, 0.2) is 0 Å². The SMILES string of the molecule is CC1NC(c2ccsc2)N(CCC(F)(F)F)C1=O. The van der Waals surface area contributed by atoms with Gasteiger partial charge in [-0.25, -0.2) is 0 Å². The van der Waals surface area contributed by atoms with Crippen molar-refractivity contribution in [3.63, 3.8) is 0 Å². The first-order valence-corrected chi connectivity index (χ1v) is 6.48. The van der Waals surface area contributed by atoms with Crippen LogP contribution in [0.1, 0.15) is 25.1 Å². The lowest BCUT2D eigenvalue weighted by Gasteiger charge is -2.24. The van der Waals surface area contributed by atoms with Crippen LogP contribution in [0.2, 0.25) is 0 Å². The van der Waals surface area contributed by atoms with E-state index in [0.717, 1.165) is 5.56 Å².